The Morgan fingerprint density at radius 2 is 2.09 bits per heavy atom. The summed E-state index contributed by atoms with van der Waals surface area (Å²) in [4.78, 5) is 10.9. The van der Waals surface area contributed by atoms with Gasteiger partial charge in [-0.2, -0.15) is 0 Å². The maximum atomic E-state index is 10.9. The first-order valence-electron chi connectivity index (χ1n) is 3.74. The molecule has 11 heavy (non-hydrogen) atoms. The van der Waals surface area contributed by atoms with E-state index in [1.807, 2.05) is 0 Å². The van der Waals surface area contributed by atoms with Gasteiger partial charge in [0.2, 0.25) is 5.91 Å². The van der Waals surface area contributed by atoms with Crippen LogP contribution in [0.15, 0.2) is 0 Å². The second kappa shape index (κ2) is 6.12. The van der Waals surface area contributed by atoms with Crippen LogP contribution in [0.5, 0.6) is 0 Å². The number of nitrogens with zero attached hydrogens (tertiary/aromatic N) is 1. The zero-order valence-electron chi connectivity index (χ0n) is 7.13. The molecule has 0 aliphatic heterocycles. The Labute approximate surface area is 67.2 Å². The van der Waals surface area contributed by atoms with E-state index in [4.69, 9.17) is 5.11 Å². The Morgan fingerprint density at radius 1 is 1.45 bits per heavy atom. The van der Waals surface area contributed by atoms with Crippen LogP contribution in [-0.4, -0.2) is 36.7 Å². The van der Waals surface area contributed by atoms with Gasteiger partial charge in [-0.05, 0) is 12.8 Å². The van der Waals surface area contributed by atoms with E-state index in [1.54, 1.807) is 19.1 Å². The summed E-state index contributed by atoms with van der Waals surface area (Å²) in [6.07, 6.45) is 1.93. The lowest BCUT2D eigenvalue weighted by molar-refractivity contribution is -0.124. The molecule has 0 aromatic heterocycles. The van der Waals surface area contributed by atoms with Crippen LogP contribution in [0, 0.1) is 0 Å². The molecule has 0 fully saturated rings. The number of aliphatic hydroxyl groups is 1. The maximum Gasteiger partial charge on any atom is 0.234 e. The van der Waals surface area contributed by atoms with Crippen molar-refractivity contribution in [1.29, 1.82) is 0 Å². The van der Waals surface area contributed by atoms with Crippen LogP contribution in [0.1, 0.15) is 19.3 Å². The quantitative estimate of drug-likeness (QED) is 0.430. The molecule has 0 saturated carbocycles. The molecule has 66 valence electrons. The molecule has 0 aromatic carbocycles. The fraction of sp³-hybridized carbons (Fsp3) is 0.857. The number of unbranched alkanes of at least 4 members (excludes halogenated alkanes) is 1. The highest BCUT2D eigenvalue weighted by molar-refractivity contribution is 5.75. The molecular weight excluding hydrogens is 144 g/mol. The van der Waals surface area contributed by atoms with Gasteiger partial charge in [0.05, 0.1) is 0 Å². The number of hydrogen-bond donors (Lipinski definition) is 2. The SMILES string of the molecule is CN(C)NC(=O)CCCCO. The fourth-order valence-electron chi connectivity index (χ4n) is 0.703. The summed E-state index contributed by atoms with van der Waals surface area (Å²) in [7, 11) is 3.54. The van der Waals surface area contributed by atoms with Gasteiger partial charge in [-0.1, -0.05) is 0 Å². The van der Waals surface area contributed by atoms with E-state index in [0.717, 1.165) is 6.42 Å². The standard InChI is InChI=1S/C7H16N2O2/c1-9(2)8-7(11)5-3-4-6-10/h10H,3-6H2,1-2H3,(H,8,11). The van der Waals surface area contributed by atoms with Gasteiger partial charge in [0.25, 0.3) is 0 Å². The number of hydrazine groups is 1. The number of aliphatic hydroxyl groups excluding tert-OH is 1. The van der Waals surface area contributed by atoms with E-state index in [2.05, 4.69) is 5.43 Å². The van der Waals surface area contributed by atoms with Crippen molar-refractivity contribution in [3.63, 3.8) is 0 Å². The molecule has 1 amide bonds. The molecule has 0 radical (unpaired) electrons. The van der Waals surface area contributed by atoms with Crippen LogP contribution >= 0.6 is 0 Å². The van der Waals surface area contributed by atoms with Crippen LogP contribution in [0.25, 0.3) is 0 Å². The van der Waals surface area contributed by atoms with Crippen molar-refractivity contribution >= 4 is 5.91 Å². The molecule has 0 aromatic rings. The molecule has 0 saturated heterocycles. The average molecular weight is 160 g/mol. The number of nitrogens with one attached hydrogen (secondary N) is 1. The first-order chi connectivity index (χ1) is 5.16. The number of amides is 1. The van der Waals surface area contributed by atoms with Crippen molar-refractivity contribution < 1.29 is 9.90 Å². The van der Waals surface area contributed by atoms with E-state index in [1.165, 1.54) is 0 Å². The summed E-state index contributed by atoms with van der Waals surface area (Å²) in [6.45, 7) is 0.162. The number of rotatable bonds is 5. The first kappa shape index (κ1) is 10.4. The van der Waals surface area contributed by atoms with Crippen LogP contribution in [0.4, 0.5) is 0 Å². The lowest BCUT2D eigenvalue weighted by atomic mass is 10.2. The molecule has 0 heterocycles. The van der Waals surface area contributed by atoms with E-state index in [9.17, 15) is 4.79 Å². The lowest BCUT2D eigenvalue weighted by Crippen LogP contribution is -2.35. The zero-order chi connectivity index (χ0) is 8.69. The third kappa shape index (κ3) is 7.29. The molecule has 0 spiro atoms. The van der Waals surface area contributed by atoms with Crippen LogP contribution in [0.3, 0.4) is 0 Å². The second-order valence-corrected chi connectivity index (χ2v) is 2.61. The van der Waals surface area contributed by atoms with Gasteiger partial charge >= 0.3 is 0 Å². The molecule has 0 unspecified atom stereocenters. The third-order valence-corrected chi connectivity index (χ3v) is 1.16. The fourth-order valence-corrected chi connectivity index (χ4v) is 0.703. The van der Waals surface area contributed by atoms with Crippen molar-refractivity contribution in [2.45, 2.75) is 19.3 Å². The Kier molecular flexibility index (Phi) is 5.78. The highest BCUT2D eigenvalue weighted by Crippen LogP contribution is 1.93. The van der Waals surface area contributed by atoms with Crippen molar-refractivity contribution in [2.24, 2.45) is 0 Å². The van der Waals surface area contributed by atoms with Crippen molar-refractivity contribution in [2.75, 3.05) is 20.7 Å². The number of carbonyl (C=O) groups is 1. The minimum absolute atomic E-state index is 0.00319. The van der Waals surface area contributed by atoms with Gasteiger partial charge in [0, 0.05) is 27.1 Å². The maximum absolute atomic E-state index is 10.9. The van der Waals surface area contributed by atoms with E-state index in [0.29, 0.717) is 12.8 Å². The number of carbonyl (C=O) groups excluding carboxylic acids is 1. The largest absolute Gasteiger partial charge is 0.396 e. The monoisotopic (exact) mass is 160 g/mol. The molecule has 0 rings (SSSR count). The predicted octanol–water partition coefficient (Wildman–Crippen LogP) is -0.258. The van der Waals surface area contributed by atoms with E-state index in [-0.39, 0.29) is 12.5 Å². The van der Waals surface area contributed by atoms with E-state index < -0.39 is 0 Å². The van der Waals surface area contributed by atoms with Gasteiger partial charge < -0.3 is 5.11 Å². The van der Waals surface area contributed by atoms with Gasteiger partial charge in [0.15, 0.2) is 0 Å². The Hall–Kier alpha value is -0.610. The zero-order valence-corrected chi connectivity index (χ0v) is 7.13. The smallest absolute Gasteiger partial charge is 0.234 e. The van der Waals surface area contributed by atoms with Crippen LogP contribution in [0.2, 0.25) is 0 Å². The van der Waals surface area contributed by atoms with Crippen molar-refractivity contribution in [3.8, 4) is 0 Å². The third-order valence-electron chi connectivity index (χ3n) is 1.16. The van der Waals surface area contributed by atoms with E-state index >= 15 is 0 Å². The molecule has 2 N–H and O–H groups in total. The van der Waals surface area contributed by atoms with Crippen LogP contribution < -0.4 is 5.43 Å². The topological polar surface area (TPSA) is 52.6 Å². The molecule has 0 aliphatic carbocycles. The predicted molar refractivity (Wildman–Crippen MR) is 42.8 cm³/mol. The van der Waals surface area contributed by atoms with Gasteiger partial charge in [0.1, 0.15) is 0 Å². The summed E-state index contributed by atoms with van der Waals surface area (Å²) in [5.41, 5.74) is 2.61. The second-order valence-electron chi connectivity index (χ2n) is 2.61. The van der Waals surface area contributed by atoms with Gasteiger partial charge in [-0.25, -0.2) is 5.01 Å². The van der Waals surface area contributed by atoms with Crippen molar-refractivity contribution in [1.82, 2.24) is 10.4 Å². The molecule has 0 atom stereocenters. The Bertz CT molecular complexity index is 115. The van der Waals surface area contributed by atoms with Gasteiger partial charge in [-0.15, -0.1) is 0 Å². The Morgan fingerprint density at radius 3 is 2.55 bits per heavy atom. The van der Waals surface area contributed by atoms with Crippen LogP contribution in [-0.2, 0) is 4.79 Å². The molecule has 0 bridgehead atoms. The summed E-state index contributed by atoms with van der Waals surface area (Å²) in [5, 5.41) is 10.0. The first-order valence-corrected chi connectivity index (χ1v) is 3.74. The molecular formula is C7H16N2O2. The minimum Gasteiger partial charge on any atom is -0.396 e. The normalized spacial score (nSPS) is 10.2. The lowest BCUT2D eigenvalue weighted by Gasteiger charge is -2.10. The van der Waals surface area contributed by atoms with Gasteiger partial charge in [-0.3, -0.25) is 10.2 Å². The summed E-state index contributed by atoms with van der Waals surface area (Å²) < 4.78 is 0. The highest BCUT2D eigenvalue weighted by atomic mass is 16.3. The molecule has 4 heteroatoms. The molecule has 0 aliphatic rings. The Balaban J connectivity index is 3.23. The summed E-state index contributed by atoms with van der Waals surface area (Å²) in [5.74, 6) is 0.00319. The van der Waals surface area contributed by atoms with Crippen molar-refractivity contribution in [3.05, 3.63) is 0 Å². The summed E-state index contributed by atoms with van der Waals surface area (Å²) in [6, 6.07) is 0. The summed E-state index contributed by atoms with van der Waals surface area (Å²) >= 11 is 0. The minimum atomic E-state index is 0.00319. The number of hydrogen-bond acceptors (Lipinski definition) is 3. The highest BCUT2D eigenvalue weighted by Gasteiger charge is 1.99. The average Bonchev–Trinajstić information content (AvgIpc) is 1.86. The molecule has 4 nitrogen and oxygen atoms in total.